The number of nitrogens with zero attached hydrogens (tertiary/aromatic N) is 2. The van der Waals surface area contributed by atoms with Crippen molar-refractivity contribution in [2.45, 2.75) is 6.42 Å². The molecule has 0 radical (unpaired) electrons. The lowest BCUT2D eigenvalue weighted by atomic mass is 10.2. The van der Waals surface area contributed by atoms with Crippen molar-refractivity contribution in [3.8, 4) is 0 Å². The van der Waals surface area contributed by atoms with Gasteiger partial charge in [0.05, 0.1) is 23.0 Å². The Morgan fingerprint density at radius 3 is 2.90 bits per heavy atom. The van der Waals surface area contributed by atoms with E-state index in [1.54, 1.807) is 29.9 Å². The van der Waals surface area contributed by atoms with Gasteiger partial charge in [-0.3, -0.25) is 9.59 Å². The molecule has 2 aromatic heterocycles. The molecular weight excluding hydrogens is 273 g/mol. The Morgan fingerprint density at radius 1 is 1.38 bits per heavy atom. The maximum Gasteiger partial charge on any atom is 0.258 e. The number of hydrogen-bond acceptors (Lipinski definition) is 3. The number of carbonyl (C=O) groups excluding carboxylic acids is 1. The summed E-state index contributed by atoms with van der Waals surface area (Å²) < 4.78 is 14.8. The Kier molecular flexibility index (Phi) is 3.13. The lowest BCUT2D eigenvalue weighted by Gasteiger charge is -2.04. The molecule has 0 fully saturated rings. The molecule has 2 heterocycles. The normalized spacial score (nSPS) is 11.0. The molecule has 0 aliphatic carbocycles. The molecule has 0 spiro atoms. The third-order valence-electron chi connectivity index (χ3n) is 3.27. The van der Waals surface area contributed by atoms with E-state index in [0.29, 0.717) is 11.2 Å². The fourth-order valence-electron chi connectivity index (χ4n) is 2.24. The summed E-state index contributed by atoms with van der Waals surface area (Å²) in [4.78, 5) is 30.8. The predicted molar refractivity (Wildman–Crippen MR) is 75.8 cm³/mol. The SMILES string of the molecule is Cn1cccc1C(=O)Cc1nc2ccc(F)cc2c(=O)[nH]1. The fourth-order valence-corrected chi connectivity index (χ4v) is 2.24. The van der Waals surface area contributed by atoms with Crippen LogP contribution in [-0.4, -0.2) is 20.3 Å². The van der Waals surface area contributed by atoms with Crippen LogP contribution in [0.15, 0.2) is 41.3 Å². The van der Waals surface area contributed by atoms with Crippen LogP contribution in [0.1, 0.15) is 16.3 Å². The van der Waals surface area contributed by atoms with Crippen LogP contribution in [0, 0.1) is 5.82 Å². The molecule has 0 saturated carbocycles. The van der Waals surface area contributed by atoms with Gasteiger partial charge in [-0.1, -0.05) is 0 Å². The van der Waals surface area contributed by atoms with E-state index in [1.807, 2.05) is 0 Å². The summed E-state index contributed by atoms with van der Waals surface area (Å²) in [7, 11) is 1.77. The van der Waals surface area contributed by atoms with Crippen LogP contribution in [-0.2, 0) is 13.5 Å². The van der Waals surface area contributed by atoms with Crippen LogP contribution < -0.4 is 5.56 Å². The number of carbonyl (C=O) groups is 1. The zero-order valence-corrected chi connectivity index (χ0v) is 11.3. The monoisotopic (exact) mass is 285 g/mol. The molecule has 0 aliphatic heterocycles. The lowest BCUT2D eigenvalue weighted by molar-refractivity contribution is 0.0983. The number of ketones is 1. The Labute approximate surface area is 119 Å². The number of benzene rings is 1. The van der Waals surface area contributed by atoms with Gasteiger partial charge in [-0.25, -0.2) is 9.37 Å². The van der Waals surface area contributed by atoms with E-state index in [0.717, 1.165) is 6.07 Å². The van der Waals surface area contributed by atoms with Gasteiger partial charge in [-0.15, -0.1) is 0 Å². The van der Waals surface area contributed by atoms with Gasteiger partial charge < -0.3 is 9.55 Å². The van der Waals surface area contributed by atoms with Crippen molar-refractivity contribution < 1.29 is 9.18 Å². The van der Waals surface area contributed by atoms with Crippen LogP contribution in [0.3, 0.4) is 0 Å². The maximum absolute atomic E-state index is 13.1. The first-order valence-corrected chi connectivity index (χ1v) is 6.37. The number of H-pyrrole nitrogens is 1. The van der Waals surface area contributed by atoms with Gasteiger partial charge in [0.25, 0.3) is 5.56 Å². The van der Waals surface area contributed by atoms with Gasteiger partial charge in [0.2, 0.25) is 0 Å². The highest BCUT2D eigenvalue weighted by Crippen LogP contribution is 2.10. The Morgan fingerprint density at radius 2 is 2.19 bits per heavy atom. The largest absolute Gasteiger partial charge is 0.348 e. The molecule has 0 bridgehead atoms. The molecule has 3 aromatic rings. The fraction of sp³-hybridized carbons (Fsp3) is 0.133. The predicted octanol–water partition coefficient (Wildman–Crippen LogP) is 1.83. The lowest BCUT2D eigenvalue weighted by Crippen LogP contribution is -2.16. The van der Waals surface area contributed by atoms with Gasteiger partial charge in [0.1, 0.15) is 11.6 Å². The average Bonchev–Trinajstić information content (AvgIpc) is 2.86. The van der Waals surface area contributed by atoms with Crippen molar-refractivity contribution in [2.75, 3.05) is 0 Å². The maximum atomic E-state index is 13.1. The smallest absolute Gasteiger partial charge is 0.258 e. The minimum absolute atomic E-state index is 0.0135. The first-order chi connectivity index (χ1) is 10.0. The molecule has 5 nitrogen and oxygen atoms in total. The molecule has 0 saturated heterocycles. The number of aromatic amines is 1. The number of rotatable bonds is 3. The van der Waals surface area contributed by atoms with Gasteiger partial charge >= 0.3 is 0 Å². The zero-order chi connectivity index (χ0) is 15.0. The number of hydrogen-bond donors (Lipinski definition) is 1. The highest BCUT2D eigenvalue weighted by Gasteiger charge is 2.13. The number of fused-ring (bicyclic) bond motifs is 1. The molecule has 106 valence electrons. The number of aromatic nitrogens is 3. The van der Waals surface area contributed by atoms with Crippen molar-refractivity contribution in [3.63, 3.8) is 0 Å². The van der Waals surface area contributed by atoms with Gasteiger partial charge in [-0.05, 0) is 30.3 Å². The Hall–Kier alpha value is -2.76. The average molecular weight is 285 g/mol. The van der Waals surface area contributed by atoms with Crippen molar-refractivity contribution in [1.82, 2.24) is 14.5 Å². The second-order valence-corrected chi connectivity index (χ2v) is 4.78. The Bertz CT molecular complexity index is 895. The summed E-state index contributed by atoms with van der Waals surface area (Å²) in [6, 6.07) is 7.27. The molecule has 0 amide bonds. The summed E-state index contributed by atoms with van der Waals surface area (Å²) in [6.45, 7) is 0. The summed E-state index contributed by atoms with van der Waals surface area (Å²) in [6.07, 6.45) is 1.76. The first kappa shape index (κ1) is 13.2. The molecule has 1 N–H and O–H groups in total. The van der Waals surface area contributed by atoms with Crippen LogP contribution >= 0.6 is 0 Å². The number of Topliss-reactive ketones (excluding diaryl/α,β-unsaturated/α-hetero) is 1. The van der Waals surface area contributed by atoms with Gasteiger partial charge in [0, 0.05) is 13.2 Å². The minimum atomic E-state index is -0.498. The molecular formula is C15H12FN3O2. The zero-order valence-electron chi connectivity index (χ0n) is 11.3. The summed E-state index contributed by atoms with van der Waals surface area (Å²) in [5, 5.41) is 0.171. The molecule has 1 aromatic carbocycles. The summed E-state index contributed by atoms with van der Waals surface area (Å²) >= 11 is 0. The molecule has 0 atom stereocenters. The molecule has 21 heavy (non-hydrogen) atoms. The van der Waals surface area contributed by atoms with Crippen molar-refractivity contribution >= 4 is 16.7 Å². The highest BCUT2D eigenvalue weighted by molar-refractivity contribution is 5.95. The van der Waals surface area contributed by atoms with Crippen LogP contribution in [0.25, 0.3) is 10.9 Å². The minimum Gasteiger partial charge on any atom is -0.348 e. The van der Waals surface area contributed by atoms with E-state index in [4.69, 9.17) is 0 Å². The molecule has 6 heteroatoms. The van der Waals surface area contributed by atoms with E-state index in [1.165, 1.54) is 12.1 Å². The molecule has 0 aliphatic rings. The number of halogens is 1. The number of aryl methyl sites for hydroxylation is 1. The van der Waals surface area contributed by atoms with Crippen molar-refractivity contribution in [1.29, 1.82) is 0 Å². The van der Waals surface area contributed by atoms with E-state index < -0.39 is 11.4 Å². The standard InChI is InChI=1S/C15H12FN3O2/c1-19-6-2-3-12(19)13(20)8-14-17-11-5-4-9(16)7-10(11)15(21)18-14/h2-7H,8H2,1H3,(H,17,18,21). The molecule has 0 unspecified atom stereocenters. The van der Waals surface area contributed by atoms with E-state index >= 15 is 0 Å². The highest BCUT2D eigenvalue weighted by atomic mass is 19.1. The number of nitrogens with one attached hydrogen (secondary N) is 1. The topological polar surface area (TPSA) is 67.8 Å². The summed E-state index contributed by atoms with van der Waals surface area (Å²) in [5.74, 6) is -0.375. The van der Waals surface area contributed by atoms with Crippen LogP contribution in [0.5, 0.6) is 0 Å². The van der Waals surface area contributed by atoms with Gasteiger partial charge in [0.15, 0.2) is 5.78 Å². The van der Waals surface area contributed by atoms with Gasteiger partial charge in [-0.2, -0.15) is 0 Å². The van der Waals surface area contributed by atoms with Crippen LogP contribution in [0.4, 0.5) is 4.39 Å². The van der Waals surface area contributed by atoms with E-state index in [2.05, 4.69) is 9.97 Å². The second kappa shape index (κ2) is 4.97. The Balaban J connectivity index is 1.99. The third-order valence-corrected chi connectivity index (χ3v) is 3.27. The van der Waals surface area contributed by atoms with Crippen LogP contribution in [0.2, 0.25) is 0 Å². The van der Waals surface area contributed by atoms with Crippen molar-refractivity contribution in [2.24, 2.45) is 7.05 Å². The first-order valence-electron chi connectivity index (χ1n) is 6.37. The summed E-state index contributed by atoms with van der Waals surface area (Å²) in [5.41, 5.74) is 0.459. The molecule has 3 rings (SSSR count). The third kappa shape index (κ3) is 2.47. The van der Waals surface area contributed by atoms with Crippen molar-refractivity contribution in [3.05, 3.63) is 64.2 Å². The van der Waals surface area contributed by atoms with E-state index in [-0.39, 0.29) is 23.4 Å². The second-order valence-electron chi connectivity index (χ2n) is 4.78. The van der Waals surface area contributed by atoms with E-state index in [9.17, 15) is 14.0 Å². The quantitative estimate of drug-likeness (QED) is 0.746.